The van der Waals surface area contributed by atoms with Crippen LogP contribution < -0.4 is 10.6 Å². The molecule has 18 heavy (non-hydrogen) atoms. The molecular weight excluding hydrogens is 246 g/mol. The first-order valence-corrected chi connectivity index (χ1v) is 7.54. The van der Waals surface area contributed by atoms with Gasteiger partial charge in [-0.25, -0.2) is 4.98 Å². The van der Waals surface area contributed by atoms with Crippen LogP contribution >= 0.6 is 11.5 Å². The monoisotopic (exact) mass is 267 g/mol. The molecule has 2 saturated heterocycles. The topological polar surface area (TPSA) is 58.3 Å². The molecule has 1 aromatic rings. The number of likely N-dealkylation sites (tertiary alicyclic amines) is 1. The molecule has 100 valence electrons. The quantitative estimate of drug-likeness (QED) is 0.861. The molecule has 3 rings (SSSR count). The van der Waals surface area contributed by atoms with E-state index >= 15 is 0 Å². The molecule has 2 N–H and O–H groups in total. The Hall–Kier alpha value is -0.720. The highest BCUT2D eigenvalue weighted by Gasteiger charge is 2.30. The summed E-state index contributed by atoms with van der Waals surface area (Å²) in [6.45, 7) is 6.49. The number of hydrogen-bond acceptors (Lipinski definition) is 6. The van der Waals surface area contributed by atoms with E-state index in [-0.39, 0.29) is 0 Å². The van der Waals surface area contributed by atoms with Gasteiger partial charge in [0.2, 0.25) is 5.13 Å². The van der Waals surface area contributed by atoms with Gasteiger partial charge in [0.05, 0.1) is 0 Å². The summed E-state index contributed by atoms with van der Waals surface area (Å²) in [5.74, 6) is 0.891. The average Bonchev–Trinajstić information content (AvgIpc) is 2.98. The zero-order chi connectivity index (χ0) is 12.5. The molecule has 2 aliphatic rings. The summed E-state index contributed by atoms with van der Waals surface area (Å²) in [5, 5.41) is 1.09. The van der Waals surface area contributed by atoms with Gasteiger partial charge in [0.1, 0.15) is 5.82 Å². The molecule has 6 heteroatoms. The summed E-state index contributed by atoms with van der Waals surface area (Å²) in [7, 11) is 0. The molecule has 0 spiro atoms. The molecule has 5 nitrogen and oxygen atoms in total. The minimum atomic E-state index is 0.421. The number of piperidine rings is 1. The lowest BCUT2D eigenvalue weighted by atomic mass is 10.0. The zero-order valence-corrected chi connectivity index (χ0v) is 11.7. The molecule has 2 aliphatic heterocycles. The highest BCUT2D eigenvalue weighted by Crippen LogP contribution is 2.25. The lowest BCUT2D eigenvalue weighted by Gasteiger charge is -2.34. The number of nitrogens with two attached hydrogens (primary N) is 1. The van der Waals surface area contributed by atoms with Gasteiger partial charge < -0.3 is 10.6 Å². The maximum atomic E-state index is 5.96. The number of rotatable bonds is 2. The average molecular weight is 267 g/mol. The van der Waals surface area contributed by atoms with Crippen molar-refractivity contribution in [3.8, 4) is 0 Å². The largest absolute Gasteiger partial charge is 0.345 e. The summed E-state index contributed by atoms with van der Waals surface area (Å²) in [6, 6.07) is 1.10. The van der Waals surface area contributed by atoms with Crippen molar-refractivity contribution in [1.29, 1.82) is 0 Å². The fourth-order valence-corrected chi connectivity index (χ4v) is 3.62. The third kappa shape index (κ3) is 2.50. The van der Waals surface area contributed by atoms with Crippen LogP contribution in [0.1, 0.15) is 25.1 Å². The SMILES string of the molecule is Cc1nsc(N2CCC(N3CCC(N)CC3)C2)n1. The first-order valence-electron chi connectivity index (χ1n) is 6.77. The number of anilines is 1. The van der Waals surface area contributed by atoms with Gasteiger partial charge in [-0.2, -0.15) is 4.37 Å². The van der Waals surface area contributed by atoms with Gasteiger partial charge >= 0.3 is 0 Å². The van der Waals surface area contributed by atoms with E-state index in [0.717, 1.165) is 50.0 Å². The standard InChI is InChI=1S/C12H21N5S/c1-9-14-12(18-15-9)17-7-4-11(8-17)16-5-2-10(13)3-6-16/h10-11H,2-8,13H2,1H3. The third-order valence-corrected chi connectivity index (χ3v) is 4.91. The van der Waals surface area contributed by atoms with Gasteiger partial charge in [0.15, 0.2) is 0 Å². The van der Waals surface area contributed by atoms with Crippen molar-refractivity contribution < 1.29 is 0 Å². The predicted molar refractivity (Wildman–Crippen MR) is 74.0 cm³/mol. The van der Waals surface area contributed by atoms with Crippen LogP contribution in [0.3, 0.4) is 0 Å². The van der Waals surface area contributed by atoms with Gasteiger partial charge in [-0.05, 0) is 39.3 Å². The second-order valence-electron chi connectivity index (χ2n) is 5.39. The van der Waals surface area contributed by atoms with Crippen LogP contribution in [0.5, 0.6) is 0 Å². The Morgan fingerprint density at radius 2 is 2.00 bits per heavy atom. The van der Waals surface area contributed by atoms with Gasteiger partial charge in [-0.3, -0.25) is 4.90 Å². The molecule has 3 heterocycles. The van der Waals surface area contributed by atoms with Gasteiger partial charge in [0.25, 0.3) is 0 Å². The second kappa shape index (κ2) is 5.11. The fraction of sp³-hybridized carbons (Fsp3) is 0.833. The molecule has 1 atom stereocenters. The van der Waals surface area contributed by atoms with Crippen molar-refractivity contribution >= 4 is 16.7 Å². The van der Waals surface area contributed by atoms with E-state index in [1.165, 1.54) is 18.0 Å². The molecule has 2 fully saturated rings. The second-order valence-corrected chi connectivity index (χ2v) is 6.12. The summed E-state index contributed by atoms with van der Waals surface area (Å²) in [6.07, 6.45) is 3.54. The summed E-state index contributed by atoms with van der Waals surface area (Å²) in [4.78, 5) is 9.47. The molecule has 0 bridgehead atoms. The van der Waals surface area contributed by atoms with Gasteiger partial charge in [-0.15, -0.1) is 0 Å². The highest BCUT2D eigenvalue weighted by molar-refractivity contribution is 7.09. The van der Waals surface area contributed by atoms with E-state index in [1.807, 2.05) is 6.92 Å². The molecule has 1 aromatic heterocycles. The van der Waals surface area contributed by atoms with Crippen molar-refractivity contribution in [2.75, 3.05) is 31.1 Å². The van der Waals surface area contributed by atoms with Gasteiger partial charge in [0, 0.05) is 36.7 Å². The Labute approximate surface area is 112 Å². The van der Waals surface area contributed by atoms with Crippen molar-refractivity contribution in [3.63, 3.8) is 0 Å². The number of hydrogen-bond donors (Lipinski definition) is 1. The van der Waals surface area contributed by atoms with Crippen LogP contribution in [0.15, 0.2) is 0 Å². The van der Waals surface area contributed by atoms with E-state index in [9.17, 15) is 0 Å². The third-order valence-electron chi connectivity index (χ3n) is 4.04. The minimum absolute atomic E-state index is 0.421. The first kappa shape index (κ1) is 12.3. The molecule has 0 aromatic carbocycles. The van der Waals surface area contributed by atoms with Crippen LogP contribution in [0.4, 0.5) is 5.13 Å². The Kier molecular flexibility index (Phi) is 3.50. The molecular formula is C12H21N5S. The van der Waals surface area contributed by atoms with Crippen molar-refractivity contribution in [2.24, 2.45) is 5.73 Å². The Morgan fingerprint density at radius 3 is 2.67 bits per heavy atom. The molecule has 0 radical (unpaired) electrons. The first-order chi connectivity index (χ1) is 8.72. The highest BCUT2D eigenvalue weighted by atomic mass is 32.1. The molecule has 0 amide bonds. The van der Waals surface area contributed by atoms with E-state index in [0.29, 0.717) is 12.1 Å². The summed E-state index contributed by atoms with van der Waals surface area (Å²) >= 11 is 1.52. The number of nitrogens with zero attached hydrogens (tertiary/aromatic N) is 4. The molecule has 0 saturated carbocycles. The smallest absolute Gasteiger partial charge is 0.205 e. The predicted octanol–water partition coefficient (Wildman–Crippen LogP) is 0.848. The van der Waals surface area contributed by atoms with Crippen LogP contribution in [-0.4, -0.2) is 52.5 Å². The van der Waals surface area contributed by atoms with Crippen LogP contribution in [0.2, 0.25) is 0 Å². The fourth-order valence-electron chi connectivity index (χ4n) is 2.91. The van der Waals surface area contributed by atoms with Crippen LogP contribution in [0.25, 0.3) is 0 Å². The van der Waals surface area contributed by atoms with Gasteiger partial charge in [-0.1, -0.05) is 0 Å². The van der Waals surface area contributed by atoms with Crippen molar-refractivity contribution in [3.05, 3.63) is 5.82 Å². The van der Waals surface area contributed by atoms with Crippen molar-refractivity contribution in [1.82, 2.24) is 14.3 Å². The lowest BCUT2D eigenvalue weighted by molar-refractivity contribution is 0.163. The normalized spacial score (nSPS) is 27.0. The Balaban J connectivity index is 1.58. The van der Waals surface area contributed by atoms with Crippen LogP contribution in [-0.2, 0) is 0 Å². The number of aromatic nitrogens is 2. The van der Waals surface area contributed by atoms with E-state index < -0.39 is 0 Å². The Morgan fingerprint density at radius 1 is 1.22 bits per heavy atom. The molecule has 0 aliphatic carbocycles. The number of aryl methyl sites for hydroxylation is 1. The molecule has 1 unspecified atom stereocenters. The maximum Gasteiger partial charge on any atom is 0.205 e. The zero-order valence-electron chi connectivity index (χ0n) is 10.9. The maximum absolute atomic E-state index is 5.96. The van der Waals surface area contributed by atoms with E-state index in [2.05, 4.69) is 19.2 Å². The minimum Gasteiger partial charge on any atom is -0.345 e. The van der Waals surface area contributed by atoms with E-state index in [4.69, 9.17) is 5.73 Å². The van der Waals surface area contributed by atoms with Crippen molar-refractivity contribution in [2.45, 2.75) is 38.3 Å². The lowest BCUT2D eigenvalue weighted by Crippen LogP contribution is -2.46. The summed E-state index contributed by atoms with van der Waals surface area (Å²) < 4.78 is 4.27. The Bertz CT molecular complexity index is 399. The van der Waals surface area contributed by atoms with Crippen LogP contribution in [0, 0.1) is 6.92 Å². The summed E-state index contributed by atoms with van der Waals surface area (Å²) in [5.41, 5.74) is 5.96. The van der Waals surface area contributed by atoms with E-state index in [1.54, 1.807) is 0 Å².